The van der Waals surface area contributed by atoms with Gasteiger partial charge in [0.25, 0.3) is 0 Å². The van der Waals surface area contributed by atoms with Crippen molar-refractivity contribution < 1.29 is 20.8 Å². The molecule has 2 fully saturated rings. The molecule has 0 nitrogen and oxygen atoms in total. The fraction of sp³-hybridized carbons (Fsp3) is 0.657. The van der Waals surface area contributed by atoms with Gasteiger partial charge >= 0.3 is 37.9 Å². The molecule has 0 spiro atoms. The first kappa shape index (κ1) is 38.2. The molecule has 4 aliphatic carbocycles. The SMILES string of the molecule is C.C=CCCC(C)(C1CCCC1)C1C2C=C(C(C)(C)C)C=CC2C2C=CC(C(C)(C)C)=CC21.[CH3-].[CH3-].[Cl][Zr+2][Cl]. The molecule has 0 aromatic carbocycles. The summed E-state index contributed by atoms with van der Waals surface area (Å²) in [7, 11) is 9.87. The third kappa shape index (κ3) is 8.13. The van der Waals surface area contributed by atoms with E-state index in [1.54, 1.807) is 11.1 Å². The van der Waals surface area contributed by atoms with Crippen molar-refractivity contribution >= 4 is 17.0 Å². The summed E-state index contributed by atoms with van der Waals surface area (Å²) in [5, 5.41) is 0. The Bertz CT molecular complexity index is 807. The molecule has 0 N–H and O–H groups in total. The van der Waals surface area contributed by atoms with Gasteiger partial charge in [-0.05, 0) is 88.6 Å². The van der Waals surface area contributed by atoms with Crippen molar-refractivity contribution in [1.82, 2.24) is 0 Å². The molecule has 0 heterocycles. The molecule has 3 heteroatoms. The maximum atomic E-state index is 4.93. The first-order chi connectivity index (χ1) is 16.4. The second-order valence-corrected chi connectivity index (χ2v) is 17.4. The number of rotatable bonds is 5. The Morgan fingerprint density at radius 3 is 1.55 bits per heavy atom. The van der Waals surface area contributed by atoms with E-state index in [2.05, 4.69) is 97.6 Å². The van der Waals surface area contributed by atoms with Crippen molar-refractivity contribution in [3.63, 3.8) is 0 Å². The Labute approximate surface area is 257 Å². The third-order valence-electron chi connectivity index (χ3n) is 9.57. The molecule has 0 radical (unpaired) electrons. The second kappa shape index (κ2) is 15.4. The number of halogens is 2. The summed E-state index contributed by atoms with van der Waals surface area (Å²) in [5.41, 5.74) is 3.90. The first-order valence-electron chi connectivity index (χ1n) is 13.8. The standard InChI is InChI=1S/C32H48.CH4.2CH3.2ClH.Zr/c1-9-10-19-32(8,22-13-11-12-14-22)29-27-20-23(30(2,3)4)15-17-25(27)26-18-16-24(21-28(26)29)31(5,6)7;;;;;;/h9,15-18,20-22,25-29H,1,10-14,19H2,2-8H3;1H4;2*1H3;2*1H;/q;;2*-1;;;+4/p-2. The molecular weight excluding hydrogens is 583 g/mol. The molecule has 0 aromatic rings. The van der Waals surface area contributed by atoms with E-state index in [9.17, 15) is 0 Å². The van der Waals surface area contributed by atoms with E-state index in [0.717, 1.165) is 12.3 Å². The average Bonchev–Trinajstić information content (AvgIpc) is 3.43. The molecule has 2 saturated carbocycles. The molecular formula is C35H58Cl2Zr. The molecule has 5 atom stereocenters. The van der Waals surface area contributed by atoms with E-state index in [-0.39, 0.29) is 33.1 Å². The van der Waals surface area contributed by atoms with Crippen LogP contribution in [-0.4, -0.2) is 0 Å². The molecule has 0 saturated heterocycles. The predicted octanol–water partition coefficient (Wildman–Crippen LogP) is 12.2. The van der Waals surface area contributed by atoms with Crippen molar-refractivity contribution in [2.75, 3.05) is 0 Å². The zero-order chi connectivity index (χ0) is 26.0. The second-order valence-electron chi connectivity index (χ2n) is 13.7. The van der Waals surface area contributed by atoms with E-state index < -0.39 is 20.8 Å². The van der Waals surface area contributed by atoms with Gasteiger partial charge in [-0.25, -0.2) is 0 Å². The third-order valence-corrected chi connectivity index (χ3v) is 9.57. The summed E-state index contributed by atoms with van der Waals surface area (Å²) in [4.78, 5) is 0. The normalized spacial score (nSPS) is 29.3. The summed E-state index contributed by atoms with van der Waals surface area (Å²) in [5.74, 6) is 4.18. The minimum atomic E-state index is -0.826. The number of hydrogen-bond donors (Lipinski definition) is 0. The van der Waals surface area contributed by atoms with Gasteiger partial charge in [0.15, 0.2) is 0 Å². The molecule has 216 valence electrons. The Morgan fingerprint density at radius 2 is 1.21 bits per heavy atom. The first-order valence-corrected chi connectivity index (χ1v) is 20.1. The molecule has 0 aliphatic heterocycles. The van der Waals surface area contributed by atoms with Crippen LogP contribution >= 0.6 is 17.0 Å². The van der Waals surface area contributed by atoms with Crippen LogP contribution < -0.4 is 0 Å². The van der Waals surface area contributed by atoms with E-state index >= 15 is 0 Å². The van der Waals surface area contributed by atoms with Crippen molar-refractivity contribution in [1.29, 1.82) is 0 Å². The summed E-state index contributed by atoms with van der Waals surface area (Å²) < 4.78 is 0. The fourth-order valence-electron chi connectivity index (χ4n) is 7.67. The molecule has 0 bridgehead atoms. The summed E-state index contributed by atoms with van der Waals surface area (Å²) >= 11 is -0.826. The van der Waals surface area contributed by atoms with Gasteiger partial charge in [-0.2, -0.15) is 0 Å². The topological polar surface area (TPSA) is 0 Å². The summed E-state index contributed by atoms with van der Waals surface area (Å²) in [6, 6.07) is 0. The Morgan fingerprint density at radius 1 is 0.816 bits per heavy atom. The van der Waals surface area contributed by atoms with Crippen LogP contribution in [0.1, 0.15) is 94.4 Å². The van der Waals surface area contributed by atoms with E-state index in [1.807, 2.05) is 0 Å². The Hall–Kier alpha value is 0.163. The van der Waals surface area contributed by atoms with Crippen LogP contribution in [0.15, 0.2) is 60.3 Å². The van der Waals surface area contributed by atoms with Crippen molar-refractivity contribution in [3.05, 3.63) is 75.1 Å². The van der Waals surface area contributed by atoms with Crippen LogP contribution in [0.3, 0.4) is 0 Å². The van der Waals surface area contributed by atoms with Crippen LogP contribution in [0.5, 0.6) is 0 Å². The van der Waals surface area contributed by atoms with Crippen LogP contribution in [0.2, 0.25) is 0 Å². The molecule has 0 aromatic heterocycles. The van der Waals surface area contributed by atoms with Crippen molar-refractivity contribution in [2.24, 2.45) is 51.8 Å². The van der Waals surface area contributed by atoms with Crippen LogP contribution in [-0.2, 0) is 20.8 Å². The van der Waals surface area contributed by atoms with Crippen molar-refractivity contribution in [3.8, 4) is 0 Å². The van der Waals surface area contributed by atoms with Gasteiger partial charge in [0.1, 0.15) is 0 Å². The van der Waals surface area contributed by atoms with Crippen molar-refractivity contribution in [2.45, 2.75) is 94.4 Å². The fourth-order valence-corrected chi connectivity index (χ4v) is 7.67. The number of fused-ring (bicyclic) bond motifs is 3. The van der Waals surface area contributed by atoms with Crippen LogP contribution in [0, 0.1) is 66.6 Å². The average molecular weight is 641 g/mol. The Balaban J connectivity index is 0.00000218. The van der Waals surface area contributed by atoms with E-state index in [0.29, 0.717) is 35.0 Å². The number of allylic oxidation sites excluding steroid dienone is 9. The van der Waals surface area contributed by atoms with Gasteiger partial charge in [0, 0.05) is 0 Å². The maximum absolute atomic E-state index is 4.93. The summed E-state index contributed by atoms with van der Waals surface area (Å²) in [6.45, 7) is 21.1. The van der Waals surface area contributed by atoms with Gasteiger partial charge in [-0.3, -0.25) is 0 Å². The molecule has 0 amide bonds. The monoisotopic (exact) mass is 638 g/mol. The van der Waals surface area contributed by atoms with Gasteiger partial charge in [-0.1, -0.05) is 111 Å². The Kier molecular flexibility index (Phi) is 15.5. The predicted molar refractivity (Wildman–Crippen MR) is 172 cm³/mol. The number of hydrogen-bond acceptors (Lipinski definition) is 0. The zero-order valence-corrected chi connectivity index (χ0v) is 29.2. The van der Waals surface area contributed by atoms with Gasteiger partial charge in [-0.15, -0.1) is 6.58 Å². The molecule has 5 unspecified atom stereocenters. The van der Waals surface area contributed by atoms with E-state index in [1.165, 1.54) is 32.1 Å². The summed E-state index contributed by atoms with van der Waals surface area (Å²) in [6.07, 6.45) is 25.9. The van der Waals surface area contributed by atoms with Gasteiger partial charge < -0.3 is 14.9 Å². The van der Waals surface area contributed by atoms with Gasteiger partial charge in [0.05, 0.1) is 0 Å². The molecule has 4 rings (SSSR count). The van der Waals surface area contributed by atoms with E-state index in [4.69, 9.17) is 17.0 Å². The zero-order valence-electron chi connectivity index (χ0n) is 25.2. The molecule has 4 aliphatic rings. The van der Waals surface area contributed by atoms with Gasteiger partial charge in [0.2, 0.25) is 0 Å². The van der Waals surface area contributed by atoms with Crippen LogP contribution in [0.4, 0.5) is 0 Å². The quantitative estimate of drug-likeness (QED) is 0.207. The minimum absolute atomic E-state index is 0. The molecule has 38 heavy (non-hydrogen) atoms. The van der Waals surface area contributed by atoms with Crippen LogP contribution in [0.25, 0.3) is 0 Å².